The Morgan fingerprint density at radius 3 is 3.06 bits per heavy atom. The van der Waals surface area contributed by atoms with E-state index >= 15 is 0 Å². The van der Waals surface area contributed by atoms with Crippen molar-refractivity contribution in [1.82, 2.24) is 4.98 Å². The van der Waals surface area contributed by atoms with Gasteiger partial charge < -0.3 is 15.8 Å². The Morgan fingerprint density at radius 2 is 2.47 bits per heavy atom. The second-order valence-corrected chi connectivity index (χ2v) is 5.37. The van der Waals surface area contributed by atoms with Crippen molar-refractivity contribution < 1.29 is 4.74 Å². The summed E-state index contributed by atoms with van der Waals surface area (Å²) in [7, 11) is 0. The third-order valence-electron chi connectivity index (χ3n) is 2.86. The molecule has 0 amide bonds. The lowest BCUT2D eigenvalue weighted by Crippen LogP contribution is -2.60. The molecule has 0 aliphatic heterocycles. The molecule has 3 N–H and O–H groups in total. The summed E-state index contributed by atoms with van der Waals surface area (Å²) in [5.41, 5.74) is 5.95. The van der Waals surface area contributed by atoms with Crippen LogP contribution in [0.3, 0.4) is 0 Å². The maximum absolute atomic E-state index is 6.09. The monoisotopic (exact) mass is 319 g/mol. The van der Waals surface area contributed by atoms with Crippen LogP contribution in [0.2, 0.25) is 5.02 Å². The van der Waals surface area contributed by atoms with Crippen molar-refractivity contribution in [3.05, 3.63) is 21.8 Å². The first kappa shape index (κ1) is 13.1. The van der Waals surface area contributed by atoms with Crippen LogP contribution in [0, 0.1) is 0 Å². The van der Waals surface area contributed by atoms with E-state index in [-0.39, 0.29) is 18.2 Å². The molecule has 6 heteroatoms. The topological polar surface area (TPSA) is 60.2 Å². The van der Waals surface area contributed by atoms with Crippen LogP contribution in [0.15, 0.2) is 16.7 Å². The molecule has 4 nitrogen and oxygen atoms in total. The summed E-state index contributed by atoms with van der Waals surface area (Å²) in [6, 6.07) is 1.98. The Hall–Kier alpha value is -0.360. The van der Waals surface area contributed by atoms with Crippen LogP contribution in [0.4, 0.5) is 5.82 Å². The molecule has 2 rings (SSSR count). The summed E-state index contributed by atoms with van der Waals surface area (Å²) in [5, 5.41) is 3.82. The molecule has 0 radical (unpaired) electrons. The lowest BCUT2D eigenvalue weighted by molar-refractivity contribution is -0.0127. The zero-order valence-electron chi connectivity index (χ0n) is 9.49. The van der Waals surface area contributed by atoms with Gasteiger partial charge in [-0.2, -0.15) is 0 Å². The first-order valence-electron chi connectivity index (χ1n) is 5.56. The van der Waals surface area contributed by atoms with Gasteiger partial charge in [-0.25, -0.2) is 4.98 Å². The van der Waals surface area contributed by atoms with Crippen molar-refractivity contribution in [2.24, 2.45) is 5.73 Å². The number of anilines is 1. The molecular weight excluding hydrogens is 305 g/mol. The molecule has 1 aliphatic carbocycles. The second-order valence-electron chi connectivity index (χ2n) is 4.05. The lowest BCUT2D eigenvalue weighted by atomic mass is 9.83. The quantitative estimate of drug-likeness (QED) is 0.894. The summed E-state index contributed by atoms with van der Waals surface area (Å²) in [5.74, 6) is 0.653. The van der Waals surface area contributed by atoms with Crippen LogP contribution in [0.25, 0.3) is 0 Å². The number of aromatic nitrogens is 1. The minimum absolute atomic E-state index is 0.0844. The molecule has 1 saturated carbocycles. The maximum Gasteiger partial charge on any atom is 0.145 e. The van der Waals surface area contributed by atoms with Crippen molar-refractivity contribution in [3.63, 3.8) is 0 Å². The molecule has 3 unspecified atom stereocenters. The van der Waals surface area contributed by atoms with Crippen molar-refractivity contribution in [1.29, 1.82) is 0 Å². The standard InChI is InChI=1S/C11H15BrClN3O/c1-2-17-9-4-8(14)10(9)16-11-7(13)3-6(12)5-15-11/h3,5,8-10H,2,4,14H2,1H3,(H,15,16). The van der Waals surface area contributed by atoms with Crippen LogP contribution >= 0.6 is 27.5 Å². The van der Waals surface area contributed by atoms with Gasteiger partial charge in [0, 0.05) is 23.3 Å². The van der Waals surface area contributed by atoms with Gasteiger partial charge in [0.15, 0.2) is 0 Å². The average molecular weight is 321 g/mol. The number of ether oxygens (including phenoxy) is 1. The van der Waals surface area contributed by atoms with Gasteiger partial charge in [0.25, 0.3) is 0 Å². The number of nitrogens with two attached hydrogens (primary N) is 1. The van der Waals surface area contributed by atoms with Crippen molar-refractivity contribution >= 4 is 33.3 Å². The number of hydrogen-bond donors (Lipinski definition) is 2. The number of pyridine rings is 1. The number of nitrogens with zero attached hydrogens (tertiary/aromatic N) is 1. The summed E-state index contributed by atoms with van der Waals surface area (Å²) >= 11 is 9.41. The number of hydrogen-bond acceptors (Lipinski definition) is 4. The highest BCUT2D eigenvalue weighted by Crippen LogP contribution is 2.29. The maximum atomic E-state index is 6.09. The van der Waals surface area contributed by atoms with E-state index in [9.17, 15) is 0 Å². The molecule has 1 aromatic heterocycles. The third kappa shape index (κ3) is 2.91. The van der Waals surface area contributed by atoms with E-state index in [0.717, 1.165) is 10.9 Å². The number of rotatable bonds is 4. The van der Waals surface area contributed by atoms with E-state index in [0.29, 0.717) is 17.4 Å². The fourth-order valence-electron chi connectivity index (χ4n) is 1.91. The molecule has 0 aromatic carbocycles. The Bertz CT molecular complexity index is 402. The van der Waals surface area contributed by atoms with E-state index < -0.39 is 0 Å². The molecule has 3 atom stereocenters. The number of nitrogens with one attached hydrogen (secondary N) is 1. The Balaban J connectivity index is 2.04. The second kappa shape index (κ2) is 5.52. The number of halogens is 2. The molecule has 17 heavy (non-hydrogen) atoms. The SMILES string of the molecule is CCOC1CC(N)C1Nc1ncc(Br)cc1Cl. The van der Waals surface area contributed by atoms with E-state index in [1.165, 1.54) is 0 Å². The van der Waals surface area contributed by atoms with Gasteiger partial charge in [-0.1, -0.05) is 11.6 Å². The van der Waals surface area contributed by atoms with Crippen LogP contribution in [0.1, 0.15) is 13.3 Å². The van der Waals surface area contributed by atoms with Crippen molar-refractivity contribution in [2.45, 2.75) is 31.5 Å². The fourth-order valence-corrected chi connectivity index (χ4v) is 2.59. The molecular formula is C11H15BrClN3O. The van der Waals surface area contributed by atoms with E-state index in [1.807, 2.05) is 6.92 Å². The van der Waals surface area contributed by atoms with Gasteiger partial charge >= 0.3 is 0 Å². The highest BCUT2D eigenvalue weighted by Gasteiger charge is 2.39. The normalized spacial score (nSPS) is 27.6. The Kier molecular flexibility index (Phi) is 4.25. The lowest BCUT2D eigenvalue weighted by Gasteiger charge is -2.42. The van der Waals surface area contributed by atoms with Crippen LogP contribution < -0.4 is 11.1 Å². The minimum Gasteiger partial charge on any atom is -0.376 e. The molecule has 0 bridgehead atoms. The van der Waals surface area contributed by atoms with Crippen LogP contribution in [-0.4, -0.2) is 29.8 Å². The molecule has 94 valence electrons. The van der Waals surface area contributed by atoms with E-state index in [2.05, 4.69) is 26.2 Å². The first-order chi connectivity index (χ1) is 8.11. The van der Waals surface area contributed by atoms with Crippen molar-refractivity contribution in [3.8, 4) is 0 Å². The summed E-state index contributed by atoms with van der Waals surface area (Å²) in [4.78, 5) is 4.23. The Morgan fingerprint density at radius 1 is 1.71 bits per heavy atom. The average Bonchev–Trinajstić information content (AvgIpc) is 2.27. The van der Waals surface area contributed by atoms with Crippen LogP contribution in [-0.2, 0) is 4.74 Å². The summed E-state index contributed by atoms with van der Waals surface area (Å²) in [6.07, 6.45) is 2.73. The van der Waals surface area contributed by atoms with Gasteiger partial charge in [-0.3, -0.25) is 0 Å². The van der Waals surface area contributed by atoms with Crippen molar-refractivity contribution in [2.75, 3.05) is 11.9 Å². The largest absolute Gasteiger partial charge is 0.376 e. The highest BCUT2D eigenvalue weighted by molar-refractivity contribution is 9.10. The van der Waals surface area contributed by atoms with Gasteiger partial charge in [0.2, 0.25) is 0 Å². The van der Waals surface area contributed by atoms with Gasteiger partial charge in [-0.05, 0) is 35.3 Å². The fraction of sp³-hybridized carbons (Fsp3) is 0.545. The van der Waals surface area contributed by atoms with Gasteiger partial charge in [-0.15, -0.1) is 0 Å². The van der Waals surface area contributed by atoms with Gasteiger partial charge in [0.1, 0.15) is 5.82 Å². The zero-order chi connectivity index (χ0) is 12.4. The first-order valence-corrected chi connectivity index (χ1v) is 6.73. The highest BCUT2D eigenvalue weighted by atomic mass is 79.9. The molecule has 1 aromatic rings. The van der Waals surface area contributed by atoms with E-state index in [4.69, 9.17) is 22.1 Å². The molecule has 1 heterocycles. The smallest absolute Gasteiger partial charge is 0.145 e. The predicted molar refractivity (Wildman–Crippen MR) is 72.4 cm³/mol. The van der Waals surface area contributed by atoms with E-state index in [1.54, 1.807) is 12.3 Å². The predicted octanol–water partition coefficient (Wildman–Crippen LogP) is 2.41. The van der Waals surface area contributed by atoms with Crippen LogP contribution in [0.5, 0.6) is 0 Å². The minimum atomic E-state index is 0.0844. The molecule has 1 aliphatic rings. The molecule has 1 fully saturated rings. The molecule has 0 spiro atoms. The van der Waals surface area contributed by atoms with Gasteiger partial charge in [0.05, 0.1) is 17.2 Å². The summed E-state index contributed by atoms with van der Waals surface area (Å²) < 4.78 is 6.43. The summed E-state index contributed by atoms with van der Waals surface area (Å²) in [6.45, 7) is 2.67. The zero-order valence-corrected chi connectivity index (χ0v) is 11.8. The Labute approximate surface area is 114 Å². The third-order valence-corrected chi connectivity index (χ3v) is 3.58. The molecule has 0 saturated heterocycles.